The summed E-state index contributed by atoms with van der Waals surface area (Å²) in [7, 11) is -3.10. The van der Waals surface area contributed by atoms with Gasteiger partial charge < -0.3 is 13.8 Å². The van der Waals surface area contributed by atoms with Gasteiger partial charge in [0.2, 0.25) is 0 Å². The quantitative estimate of drug-likeness (QED) is 0.644. The van der Waals surface area contributed by atoms with Gasteiger partial charge in [-0.2, -0.15) is 0 Å². The molecule has 0 saturated heterocycles. The fraction of sp³-hybridized carbons (Fsp3) is 0.818. The summed E-state index contributed by atoms with van der Waals surface area (Å²) in [5, 5.41) is 0.748. The van der Waals surface area contributed by atoms with E-state index in [1.54, 1.807) is 0 Å². The summed E-state index contributed by atoms with van der Waals surface area (Å²) in [6.07, 6.45) is 2.56. The van der Waals surface area contributed by atoms with Crippen molar-refractivity contribution in [2.45, 2.75) is 40.0 Å². The molecule has 1 aliphatic rings. The van der Waals surface area contributed by atoms with E-state index in [0.717, 1.165) is 30.3 Å². The normalized spacial score (nSPS) is 16.9. The topological polar surface area (TPSA) is 44.8 Å². The Hall–Kier alpha value is -0.310. The fourth-order valence-corrected chi connectivity index (χ4v) is 3.83. The molecule has 16 heavy (non-hydrogen) atoms. The minimum atomic E-state index is -3.10. The zero-order valence-corrected chi connectivity index (χ0v) is 11.2. The molecule has 1 rings (SSSR count). The highest BCUT2D eigenvalue weighted by atomic mass is 31.2. The predicted octanol–water partition coefficient (Wildman–Crippen LogP) is 3.68. The summed E-state index contributed by atoms with van der Waals surface area (Å²) in [6, 6.07) is 0. The van der Waals surface area contributed by atoms with Gasteiger partial charge in [-0.3, -0.25) is 4.57 Å². The number of rotatable bonds is 7. The monoisotopic (exact) mass is 248 g/mol. The molecule has 0 N–H and O–H groups in total. The van der Waals surface area contributed by atoms with Crippen LogP contribution in [-0.4, -0.2) is 19.8 Å². The standard InChI is InChI=1S/C11H21O4P/c1-4-13-10-8-7-9-11(10)16(12,14-5-2)15-6-3/h4-9H2,1-3H3. The van der Waals surface area contributed by atoms with Crippen LogP contribution in [0.4, 0.5) is 0 Å². The van der Waals surface area contributed by atoms with Crippen molar-refractivity contribution < 1.29 is 18.3 Å². The lowest BCUT2D eigenvalue weighted by Crippen LogP contribution is -2.00. The van der Waals surface area contributed by atoms with Gasteiger partial charge in [-0.25, -0.2) is 0 Å². The Labute approximate surface area is 97.5 Å². The molecule has 0 amide bonds. The van der Waals surface area contributed by atoms with Crippen LogP contribution in [0.15, 0.2) is 11.1 Å². The molecular weight excluding hydrogens is 227 g/mol. The maximum absolute atomic E-state index is 12.5. The van der Waals surface area contributed by atoms with Crippen LogP contribution in [0.2, 0.25) is 0 Å². The van der Waals surface area contributed by atoms with E-state index in [1.165, 1.54) is 0 Å². The van der Waals surface area contributed by atoms with Crippen molar-refractivity contribution in [3.8, 4) is 0 Å². The van der Waals surface area contributed by atoms with E-state index >= 15 is 0 Å². The van der Waals surface area contributed by atoms with E-state index in [9.17, 15) is 4.57 Å². The number of hydrogen-bond donors (Lipinski definition) is 0. The second-order valence-corrected chi connectivity index (χ2v) is 5.54. The van der Waals surface area contributed by atoms with Crippen LogP contribution in [0.25, 0.3) is 0 Å². The van der Waals surface area contributed by atoms with E-state index in [0.29, 0.717) is 19.8 Å². The van der Waals surface area contributed by atoms with E-state index in [4.69, 9.17) is 13.8 Å². The lowest BCUT2D eigenvalue weighted by Gasteiger charge is -2.19. The van der Waals surface area contributed by atoms with Crippen molar-refractivity contribution in [1.29, 1.82) is 0 Å². The fourth-order valence-electron chi connectivity index (χ4n) is 1.85. The third-order valence-electron chi connectivity index (χ3n) is 2.39. The van der Waals surface area contributed by atoms with Crippen molar-refractivity contribution in [3.63, 3.8) is 0 Å². The van der Waals surface area contributed by atoms with Gasteiger partial charge in [-0.1, -0.05) is 0 Å². The molecule has 5 heteroatoms. The molecule has 0 heterocycles. The molecule has 0 spiro atoms. The minimum Gasteiger partial charge on any atom is -0.498 e. The zero-order valence-electron chi connectivity index (χ0n) is 10.3. The molecule has 0 aromatic carbocycles. The third-order valence-corrected chi connectivity index (χ3v) is 4.72. The molecule has 4 nitrogen and oxygen atoms in total. The first-order valence-electron chi connectivity index (χ1n) is 5.92. The van der Waals surface area contributed by atoms with Crippen molar-refractivity contribution in [3.05, 3.63) is 11.1 Å². The first kappa shape index (κ1) is 13.8. The molecule has 0 aliphatic heterocycles. The summed E-state index contributed by atoms with van der Waals surface area (Å²) in [5.41, 5.74) is 0. The molecular formula is C11H21O4P. The van der Waals surface area contributed by atoms with Crippen LogP contribution in [0.5, 0.6) is 0 Å². The van der Waals surface area contributed by atoms with E-state index in [1.807, 2.05) is 20.8 Å². The van der Waals surface area contributed by atoms with E-state index in [2.05, 4.69) is 0 Å². The predicted molar refractivity (Wildman–Crippen MR) is 63.4 cm³/mol. The number of hydrogen-bond acceptors (Lipinski definition) is 4. The van der Waals surface area contributed by atoms with E-state index < -0.39 is 7.60 Å². The van der Waals surface area contributed by atoms with Crippen molar-refractivity contribution >= 4 is 7.60 Å². The highest BCUT2D eigenvalue weighted by Gasteiger charge is 2.35. The van der Waals surface area contributed by atoms with Crippen LogP contribution >= 0.6 is 7.60 Å². The summed E-state index contributed by atoms with van der Waals surface area (Å²) >= 11 is 0. The average Bonchev–Trinajstić information content (AvgIpc) is 2.68. The van der Waals surface area contributed by atoms with Gasteiger partial charge >= 0.3 is 7.60 Å². The van der Waals surface area contributed by atoms with Crippen LogP contribution in [-0.2, 0) is 18.3 Å². The molecule has 0 fully saturated rings. The molecule has 0 radical (unpaired) electrons. The molecule has 0 atom stereocenters. The molecule has 0 bridgehead atoms. The Morgan fingerprint density at radius 2 is 1.69 bits per heavy atom. The highest BCUT2D eigenvalue weighted by molar-refractivity contribution is 7.58. The largest absolute Gasteiger partial charge is 0.498 e. The van der Waals surface area contributed by atoms with Crippen LogP contribution < -0.4 is 0 Å². The molecule has 0 aromatic heterocycles. The van der Waals surface area contributed by atoms with Gasteiger partial charge in [-0.15, -0.1) is 0 Å². The van der Waals surface area contributed by atoms with Crippen LogP contribution in [0, 0.1) is 0 Å². The van der Waals surface area contributed by atoms with Gasteiger partial charge in [0.05, 0.1) is 25.1 Å². The minimum absolute atomic E-state index is 0.389. The van der Waals surface area contributed by atoms with Gasteiger partial charge in [0, 0.05) is 6.42 Å². The Morgan fingerprint density at radius 1 is 1.06 bits per heavy atom. The summed E-state index contributed by atoms with van der Waals surface area (Å²) in [4.78, 5) is 0. The van der Waals surface area contributed by atoms with Crippen molar-refractivity contribution in [1.82, 2.24) is 0 Å². The average molecular weight is 248 g/mol. The maximum atomic E-state index is 12.5. The second kappa shape index (κ2) is 6.43. The summed E-state index contributed by atoms with van der Waals surface area (Å²) in [5.74, 6) is 0.813. The molecule has 0 unspecified atom stereocenters. The molecule has 1 aliphatic carbocycles. The molecule has 94 valence electrons. The summed E-state index contributed by atoms with van der Waals surface area (Å²) < 4.78 is 28.7. The zero-order chi connectivity index (χ0) is 12.0. The molecule has 0 aromatic rings. The van der Waals surface area contributed by atoms with Crippen LogP contribution in [0.3, 0.4) is 0 Å². The smallest absolute Gasteiger partial charge is 0.360 e. The second-order valence-electron chi connectivity index (χ2n) is 3.49. The summed E-state index contributed by atoms with van der Waals surface area (Å²) in [6.45, 7) is 6.94. The Kier molecular flexibility index (Phi) is 5.53. The van der Waals surface area contributed by atoms with Crippen molar-refractivity contribution in [2.75, 3.05) is 19.8 Å². The number of ether oxygens (including phenoxy) is 1. The van der Waals surface area contributed by atoms with Gasteiger partial charge in [0.25, 0.3) is 0 Å². The van der Waals surface area contributed by atoms with Gasteiger partial charge in [-0.05, 0) is 33.6 Å². The van der Waals surface area contributed by atoms with Crippen LogP contribution in [0.1, 0.15) is 40.0 Å². The maximum Gasteiger partial charge on any atom is 0.360 e. The third kappa shape index (κ3) is 3.09. The molecule has 0 saturated carbocycles. The first-order chi connectivity index (χ1) is 7.68. The lowest BCUT2D eigenvalue weighted by molar-refractivity contribution is 0.210. The Balaban J connectivity index is 2.92. The SMILES string of the molecule is CCOC1=C(P(=O)(OCC)OCC)CCC1. The van der Waals surface area contributed by atoms with Gasteiger partial charge in [0.1, 0.15) is 5.76 Å². The number of allylic oxidation sites excluding steroid dienone is 2. The van der Waals surface area contributed by atoms with Crippen molar-refractivity contribution in [2.24, 2.45) is 0 Å². The lowest BCUT2D eigenvalue weighted by atomic mass is 10.4. The van der Waals surface area contributed by atoms with E-state index in [-0.39, 0.29) is 0 Å². The Bertz CT molecular complexity index is 288. The van der Waals surface area contributed by atoms with Gasteiger partial charge in [0.15, 0.2) is 0 Å². The Morgan fingerprint density at radius 3 is 2.19 bits per heavy atom. The highest BCUT2D eigenvalue weighted by Crippen LogP contribution is 2.61. The first-order valence-corrected chi connectivity index (χ1v) is 7.46.